The Morgan fingerprint density at radius 2 is 1.61 bits per heavy atom. The zero-order chi connectivity index (χ0) is 26.9. The number of carbonyl (C=O) groups is 2. The molecule has 4 nitrogen and oxygen atoms in total. The molecule has 0 aliphatic heterocycles. The Morgan fingerprint density at radius 1 is 0.921 bits per heavy atom. The van der Waals surface area contributed by atoms with Gasteiger partial charge in [0.1, 0.15) is 11.9 Å². The third-order valence-electron chi connectivity index (χ3n) is 6.72. The molecule has 1 fully saturated rings. The monoisotopic (exact) mass is 572 g/mol. The molecule has 2 amide bonds. The molecule has 8 heteroatoms. The van der Waals surface area contributed by atoms with Gasteiger partial charge >= 0.3 is 0 Å². The van der Waals surface area contributed by atoms with E-state index in [-0.39, 0.29) is 36.0 Å². The fraction of sp³-hybridized carbons (Fsp3) is 0.333. The average molecular weight is 574 g/mol. The molecule has 0 aromatic heterocycles. The van der Waals surface area contributed by atoms with Gasteiger partial charge in [0.05, 0.1) is 15.8 Å². The molecule has 38 heavy (non-hydrogen) atoms. The van der Waals surface area contributed by atoms with E-state index in [9.17, 15) is 14.0 Å². The van der Waals surface area contributed by atoms with Crippen molar-refractivity contribution in [3.63, 3.8) is 0 Å². The second kappa shape index (κ2) is 14.0. The first-order chi connectivity index (χ1) is 18.4. The second-order valence-electron chi connectivity index (χ2n) is 9.58. The number of benzene rings is 3. The lowest BCUT2D eigenvalue weighted by Gasteiger charge is -2.32. The molecule has 0 saturated heterocycles. The Hall–Kier alpha value is -2.54. The number of amides is 2. The van der Waals surface area contributed by atoms with Crippen LogP contribution in [0.5, 0.6) is 0 Å². The third-order valence-corrected chi connectivity index (χ3v) is 8.44. The molecule has 0 heterocycles. The summed E-state index contributed by atoms with van der Waals surface area (Å²) in [6.07, 6.45) is 4.49. The van der Waals surface area contributed by atoms with E-state index in [1.165, 1.54) is 23.9 Å². The molecule has 1 aliphatic rings. The fourth-order valence-corrected chi connectivity index (χ4v) is 5.85. The van der Waals surface area contributed by atoms with Gasteiger partial charge in [-0.1, -0.05) is 84.6 Å². The van der Waals surface area contributed by atoms with Crippen LogP contribution in [-0.4, -0.2) is 34.6 Å². The highest BCUT2D eigenvalue weighted by Crippen LogP contribution is 2.25. The van der Waals surface area contributed by atoms with Gasteiger partial charge in [-0.05, 0) is 53.8 Å². The minimum absolute atomic E-state index is 0.132. The maximum absolute atomic E-state index is 13.7. The summed E-state index contributed by atoms with van der Waals surface area (Å²) in [6.45, 7) is 0.210. The van der Waals surface area contributed by atoms with Crippen molar-refractivity contribution in [2.24, 2.45) is 0 Å². The zero-order valence-corrected chi connectivity index (χ0v) is 23.4. The summed E-state index contributed by atoms with van der Waals surface area (Å²) >= 11 is 13.6. The van der Waals surface area contributed by atoms with Gasteiger partial charge in [-0.15, -0.1) is 11.8 Å². The highest BCUT2D eigenvalue weighted by molar-refractivity contribution is 7.99. The van der Waals surface area contributed by atoms with Crippen LogP contribution in [0.4, 0.5) is 4.39 Å². The summed E-state index contributed by atoms with van der Waals surface area (Å²) in [5, 5.41) is 4.15. The van der Waals surface area contributed by atoms with Gasteiger partial charge in [-0.2, -0.15) is 0 Å². The van der Waals surface area contributed by atoms with Gasteiger partial charge in [0.25, 0.3) is 0 Å². The van der Waals surface area contributed by atoms with Crippen molar-refractivity contribution in [2.75, 3.05) is 5.75 Å². The molecular weight excluding hydrogens is 542 g/mol. The topological polar surface area (TPSA) is 49.4 Å². The van der Waals surface area contributed by atoms with Crippen molar-refractivity contribution in [1.29, 1.82) is 0 Å². The summed E-state index contributed by atoms with van der Waals surface area (Å²) < 4.78 is 13.6. The van der Waals surface area contributed by atoms with Crippen LogP contribution in [-0.2, 0) is 28.3 Å². The van der Waals surface area contributed by atoms with E-state index in [0.29, 0.717) is 22.2 Å². The summed E-state index contributed by atoms with van der Waals surface area (Å²) in [7, 11) is 0. The SMILES string of the molecule is O=C(NC1CCCC1)[C@H](Cc1ccccc1)N(Cc1ccc(F)cc1)C(=O)CSCc1ccc(Cl)c(Cl)c1. The number of rotatable bonds is 11. The molecule has 200 valence electrons. The van der Waals surface area contributed by atoms with Crippen LogP contribution in [0, 0.1) is 5.82 Å². The van der Waals surface area contributed by atoms with Crippen LogP contribution in [0.3, 0.4) is 0 Å². The molecule has 1 aliphatic carbocycles. The van der Waals surface area contributed by atoms with E-state index in [4.69, 9.17) is 23.2 Å². The summed E-state index contributed by atoms with van der Waals surface area (Å²) in [5.41, 5.74) is 2.70. The predicted molar refractivity (Wildman–Crippen MR) is 154 cm³/mol. The molecule has 1 saturated carbocycles. The predicted octanol–water partition coefficient (Wildman–Crippen LogP) is 7.06. The highest BCUT2D eigenvalue weighted by atomic mass is 35.5. The number of nitrogens with zero attached hydrogens (tertiary/aromatic N) is 1. The van der Waals surface area contributed by atoms with Gasteiger partial charge in [0.2, 0.25) is 11.8 Å². The summed E-state index contributed by atoms with van der Waals surface area (Å²) in [5.74, 6) is 0.116. The van der Waals surface area contributed by atoms with E-state index in [0.717, 1.165) is 42.4 Å². The second-order valence-corrected chi connectivity index (χ2v) is 11.4. The van der Waals surface area contributed by atoms with Crippen LogP contribution < -0.4 is 5.32 Å². The van der Waals surface area contributed by atoms with Crippen molar-refractivity contribution >= 4 is 46.8 Å². The smallest absolute Gasteiger partial charge is 0.243 e. The van der Waals surface area contributed by atoms with E-state index < -0.39 is 6.04 Å². The first kappa shape index (κ1) is 28.5. The normalized spacial score (nSPS) is 14.3. The van der Waals surface area contributed by atoms with Crippen LogP contribution >= 0.6 is 35.0 Å². The Bertz CT molecular complexity index is 1220. The van der Waals surface area contributed by atoms with Crippen LogP contribution in [0.25, 0.3) is 0 Å². The van der Waals surface area contributed by atoms with Gasteiger partial charge < -0.3 is 10.2 Å². The lowest BCUT2D eigenvalue weighted by Crippen LogP contribution is -2.52. The standard InChI is InChI=1S/C30H31Cl2FN2O2S/c31-26-15-12-23(16-27(26)32)19-38-20-29(36)35(18-22-10-13-24(33)14-11-22)28(17-21-6-2-1-3-7-21)30(37)34-25-8-4-5-9-25/h1-3,6-7,10-16,25,28H,4-5,8-9,17-20H2,(H,34,37)/t28-/m0/s1. The number of carbonyl (C=O) groups excluding carboxylic acids is 2. The van der Waals surface area contributed by atoms with E-state index >= 15 is 0 Å². The lowest BCUT2D eigenvalue weighted by atomic mass is 10.0. The van der Waals surface area contributed by atoms with Gasteiger partial charge in [0.15, 0.2) is 0 Å². The van der Waals surface area contributed by atoms with Crippen LogP contribution in [0.1, 0.15) is 42.4 Å². The Kier molecular flexibility index (Phi) is 10.5. The number of nitrogens with one attached hydrogen (secondary N) is 1. The fourth-order valence-electron chi connectivity index (χ4n) is 4.68. The summed E-state index contributed by atoms with van der Waals surface area (Å²) in [4.78, 5) is 29.0. The van der Waals surface area contributed by atoms with Crippen molar-refractivity contribution in [1.82, 2.24) is 10.2 Å². The number of halogens is 3. The molecule has 0 spiro atoms. The Labute approximate surface area is 237 Å². The Balaban J connectivity index is 1.55. The minimum Gasteiger partial charge on any atom is -0.352 e. The van der Waals surface area contributed by atoms with E-state index in [1.54, 1.807) is 29.2 Å². The number of hydrogen-bond acceptors (Lipinski definition) is 3. The zero-order valence-electron chi connectivity index (χ0n) is 21.0. The van der Waals surface area contributed by atoms with Crippen molar-refractivity contribution < 1.29 is 14.0 Å². The van der Waals surface area contributed by atoms with Crippen molar-refractivity contribution in [3.8, 4) is 0 Å². The molecule has 1 atom stereocenters. The molecule has 1 N–H and O–H groups in total. The molecule has 4 rings (SSSR count). The van der Waals surface area contributed by atoms with E-state index in [2.05, 4.69) is 5.32 Å². The lowest BCUT2D eigenvalue weighted by molar-refractivity contribution is -0.139. The largest absolute Gasteiger partial charge is 0.352 e. The van der Waals surface area contributed by atoms with Gasteiger partial charge in [-0.3, -0.25) is 9.59 Å². The molecule has 3 aromatic rings. The number of thioether (sulfide) groups is 1. The maximum atomic E-state index is 13.7. The molecule has 0 unspecified atom stereocenters. The third kappa shape index (κ3) is 8.23. The highest BCUT2D eigenvalue weighted by Gasteiger charge is 2.32. The van der Waals surface area contributed by atoms with Crippen molar-refractivity contribution in [2.45, 2.75) is 56.5 Å². The van der Waals surface area contributed by atoms with Crippen molar-refractivity contribution in [3.05, 3.63) is 105 Å². The van der Waals surface area contributed by atoms with Crippen LogP contribution in [0.2, 0.25) is 10.0 Å². The molecule has 3 aromatic carbocycles. The molecule has 0 radical (unpaired) electrons. The molecule has 0 bridgehead atoms. The summed E-state index contributed by atoms with van der Waals surface area (Å²) in [6, 6.07) is 20.7. The van der Waals surface area contributed by atoms with E-state index in [1.807, 2.05) is 36.4 Å². The first-order valence-corrected chi connectivity index (χ1v) is 14.7. The average Bonchev–Trinajstić information content (AvgIpc) is 3.43. The minimum atomic E-state index is -0.693. The molecular formula is C30H31Cl2FN2O2S. The van der Waals surface area contributed by atoms with Gasteiger partial charge in [-0.25, -0.2) is 4.39 Å². The van der Waals surface area contributed by atoms with Gasteiger partial charge in [0, 0.05) is 24.8 Å². The number of hydrogen-bond donors (Lipinski definition) is 1. The quantitative estimate of drug-likeness (QED) is 0.267. The Morgan fingerprint density at radius 3 is 2.29 bits per heavy atom. The first-order valence-electron chi connectivity index (χ1n) is 12.8. The maximum Gasteiger partial charge on any atom is 0.243 e. The van der Waals surface area contributed by atoms with Crippen LogP contribution in [0.15, 0.2) is 72.8 Å².